The number of morpholine rings is 1. The van der Waals surface area contributed by atoms with Gasteiger partial charge in [-0.25, -0.2) is 0 Å². The topological polar surface area (TPSA) is 105 Å². The van der Waals surface area contributed by atoms with Gasteiger partial charge in [0.1, 0.15) is 5.76 Å². The Hall–Kier alpha value is -3.46. The molecule has 9 nitrogen and oxygen atoms in total. The number of anilines is 4. The lowest BCUT2D eigenvalue weighted by atomic mass is 10.2. The van der Waals surface area contributed by atoms with Gasteiger partial charge in [0.05, 0.1) is 25.1 Å². The zero-order chi connectivity index (χ0) is 19.3. The van der Waals surface area contributed by atoms with Crippen molar-refractivity contribution >= 4 is 28.8 Å². The molecule has 3 heterocycles. The van der Waals surface area contributed by atoms with Gasteiger partial charge in [0.25, 0.3) is 5.91 Å². The number of aryl methyl sites for hydroxylation is 1. The molecule has 2 N–H and O–H groups in total. The van der Waals surface area contributed by atoms with Gasteiger partial charge in [-0.15, -0.1) is 5.10 Å². The Kier molecular flexibility index (Phi) is 5.16. The number of hydrogen-bond acceptors (Lipinski definition) is 8. The van der Waals surface area contributed by atoms with Gasteiger partial charge < -0.3 is 24.8 Å². The number of rotatable bonds is 5. The van der Waals surface area contributed by atoms with E-state index in [0.717, 1.165) is 24.5 Å². The maximum absolute atomic E-state index is 12.1. The number of benzene rings is 1. The highest BCUT2D eigenvalue weighted by Crippen LogP contribution is 2.21. The van der Waals surface area contributed by atoms with E-state index in [1.54, 1.807) is 31.3 Å². The first-order valence-electron chi connectivity index (χ1n) is 8.94. The highest BCUT2D eigenvalue weighted by atomic mass is 16.5. The van der Waals surface area contributed by atoms with E-state index in [4.69, 9.17) is 9.26 Å². The van der Waals surface area contributed by atoms with E-state index < -0.39 is 0 Å². The van der Waals surface area contributed by atoms with Gasteiger partial charge in [-0.05, 0) is 31.2 Å². The summed E-state index contributed by atoms with van der Waals surface area (Å²) in [5, 5.41) is 17.9. The van der Waals surface area contributed by atoms with Crippen molar-refractivity contribution in [2.24, 2.45) is 0 Å². The minimum Gasteiger partial charge on any atom is -0.378 e. The van der Waals surface area contributed by atoms with Crippen molar-refractivity contribution in [3.05, 3.63) is 54.0 Å². The second-order valence-electron chi connectivity index (χ2n) is 6.38. The summed E-state index contributed by atoms with van der Waals surface area (Å²) in [7, 11) is 0. The van der Waals surface area contributed by atoms with E-state index in [1.165, 1.54) is 0 Å². The van der Waals surface area contributed by atoms with Crippen molar-refractivity contribution in [1.82, 2.24) is 15.4 Å². The van der Waals surface area contributed by atoms with Crippen LogP contribution in [0, 0.1) is 6.92 Å². The molecule has 1 aliphatic rings. The number of nitrogens with one attached hydrogen (secondary N) is 2. The fourth-order valence-corrected chi connectivity index (χ4v) is 2.87. The molecule has 0 saturated carbocycles. The molecule has 0 spiro atoms. The molecular formula is C19H20N6O3. The summed E-state index contributed by atoms with van der Waals surface area (Å²) in [5.41, 5.74) is 2.75. The summed E-state index contributed by atoms with van der Waals surface area (Å²) in [6, 6.07) is 10.9. The van der Waals surface area contributed by atoms with Crippen molar-refractivity contribution in [1.29, 1.82) is 0 Å². The third kappa shape index (κ3) is 4.26. The number of aromatic nitrogens is 3. The van der Waals surface area contributed by atoms with E-state index in [1.807, 2.05) is 18.2 Å². The Labute approximate surface area is 161 Å². The third-order valence-electron chi connectivity index (χ3n) is 4.29. The van der Waals surface area contributed by atoms with Gasteiger partial charge in [-0.1, -0.05) is 5.16 Å². The zero-order valence-corrected chi connectivity index (χ0v) is 15.4. The fourth-order valence-electron chi connectivity index (χ4n) is 2.87. The maximum Gasteiger partial charge on any atom is 0.277 e. The third-order valence-corrected chi connectivity index (χ3v) is 4.29. The van der Waals surface area contributed by atoms with Gasteiger partial charge >= 0.3 is 0 Å². The average molecular weight is 380 g/mol. The summed E-state index contributed by atoms with van der Waals surface area (Å²) in [6.45, 7) is 4.84. The zero-order valence-electron chi connectivity index (χ0n) is 15.4. The van der Waals surface area contributed by atoms with E-state index in [-0.39, 0.29) is 11.6 Å². The van der Waals surface area contributed by atoms with Crippen LogP contribution < -0.4 is 15.5 Å². The predicted molar refractivity (Wildman–Crippen MR) is 104 cm³/mol. The predicted octanol–water partition coefficient (Wildman–Crippen LogP) is 2.61. The molecule has 0 aliphatic carbocycles. The molecule has 3 aromatic rings. The quantitative estimate of drug-likeness (QED) is 0.696. The number of carbonyl (C=O) groups excluding carboxylic acids is 1. The molecule has 9 heteroatoms. The highest BCUT2D eigenvalue weighted by Gasteiger charge is 2.13. The Morgan fingerprint density at radius 2 is 1.86 bits per heavy atom. The van der Waals surface area contributed by atoms with Crippen LogP contribution in [-0.2, 0) is 4.74 Å². The monoisotopic (exact) mass is 380 g/mol. The molecule has 0 atom stereocenters. The molecule has 28 heavy (non-hydrogen) atoms. The van der Waals surface area contributed by atoms with Crippen LogP contribution in [0.15, 0.2) is 47.1 Å². The first-order chi connectivity index (χ1) is 13.7. The van der Waals surface area contributed by atoms with Gasteiger partial charge in [0.15, 0.2) is 11.5 Å². The van der Waals surface area contributed by atoms with Gasteiger partial charge in [-0.2, -0.15) is 5.10 Å². The molecule has 2 aromatic heterocycles. The van der Waals surface area contributed by atoms with Gasteiger partial charge in [0.2, 0.25) is 0 Å². The summed E-state index contributed by atoms with van der Waals surface area (Å²) < 4.78 is 10.3. The molecule has 0 bridgehead atoms. The van der Waals surface area contributed by atoms with E-state index in [2.05, 4.69) is 30.9 Å². The molecule has 0 unspecified atom stereocenters. The highest BCUT2D eigenvalue weighted by molar-refractivity contribution is 6.02. The van der Waals surface area contributed by atoms with E-state index in [0.29, 0.717) is 30.5 Å². The van der Waals surface area contributed by atoms with Crippen molar-refractivity contribution in [2.75, 3.05) is 41.8 Å². The van der Waals surface area contributed by atoms with Gasteiger partial charge in [-0.3, -0.25) is 4.79 Å². The summed E-state index contributed by atoms with van der Waals surface area (Å²) >= 11 is 0. The Morgan fingerprint density at radius 1 is 1.11 bits per heavy atom. The lowest BCUT2D eigenvalue weighted by molar-refractivity contribution is 0.101. The van der Waals surface area contributed by atoms with Crippen molar-refractivity contribution in [3.8, 4) is 0 Å². The lowest BCUT2D eigenvalue weighted by Crippen LogP contribution is -2.36. The Bertz CT molecular complexity index is 950. The maximum atomic E-state index is 12.1. The normalized spacial score (nSPS) is 14.0. The summed E-state index contributed by atoms with van der Waals surface area (Å²) in [4.78, 5) is 14.3. The molecule has 1 amide bonds. The minimum absolute atomic E-state index is 0.245. The first kappa shape index (κ1) is 17.9. The van der Waals surface area contributed by atoms with Crippen LogP contribution in [0.4, 0.5) is 22.9 Å². The fraction of sp³-hybridized carbons (Fsp3) is 0.263. The van der Waals surface area contributed by atoms with E-state index in [9.17, 15) is 4.79 Å². The van der Waals surface area contributed by atoms with Crippen LogP contribution in [0.2, 0.25) is 0 Å². The molecule has 1 aromatic carbocycles. The van der Waals surface area contributed by atoms with E-state index >= 15 is 0 Å². The lowest BCUT2D eigenvalue weighted by Gasteiger charge is -2.28. The summed E-state index contributed by atoms with van der Waals surface area (Å²) in [5.74, 6) is 0.922. The number of carbonyl (C=O) groups is 1. The van der Waals surface area contributed by atoms with Gasteiger partial charge in [0, 0.05) is 36.6 Å². The van der Waals surface area contributed by atoms with Crippen LogP contribution in [0.1, 0.15) is 16.2 Å². The van der Waals surface area contributed by atoms with Crippen LogP contribution in [0.3, 0.4) is 0 Å². The molecule has 144 valence electrons. The van der Waals surface area contributed by atoms with Crippen molar-refractivity contribution in [3.63, 3.8) is 0 Å². The van der Waals surface area contributed by atoms with Crippen molar-refractivity contribution in [2.45, 2.75) is 6.92 Å². The molecular weight excluding hydrogens is 360 g/mol. The van der Waals surface area contributed by atoms with Crippen LogP contribution in [-0.4, -0.2) is 47.6 Å². The molecule has 1 saturated heterocycles. The second-order valence-corrected chi connectivity index (χ2v) is 6.38. The largest absolute Gasteiger partial charge is 0.378 e. The number of amides is 1. The number of hydrogen-bond donors (Lipinski definition) is 2. The molecule has 1 fully saturated rings. The minimum atomic E-state index is -0.318. The Balaban J connectivity index is 1.40. The SMILES string of the molecule is Cc1cc(C(=O)Nc2ccc(Nc3cc(N4CCOCC4)cnn3)cc2)no1. The smallest absolute Gasteiger partial charge is 0.277 e. The average Bonchev–Trinajstić information content (AvgIpc) is 3.17. The first-order valence-corrected chi connectivity index (χ1v) is 8.94. The number of nitrogens with zero attached hydrogens (tertiary/aromatic N) is 4. The van der Waals surface area contributed by atoms with Crippen LogP contribution in [0.5, 0.6) is 0 Å². The standard InChI is InChI=1S/C19H20N6O3/c1-13-10-17(24-28-13)19(26)22-15-4-2-14(3-5-15)21-18-11-16(12-20-23-18)25-6-8-27-9-7-25/h2-5,10-12H,6-9H2,1H3,(H,21,23)(H,22,26). The Morgan fingerprint density at radius 3 is 2.57 bits per heavy atom. The molecule has 1 aliphatic heterocycles. The van der Waals surface area contributed by atoms with Crippen LogP contribution in [0.25, 0.3) is 0 Å². The van der Waals surface area contributed by atoms with Crippen LogP contribution >= 0.6 is 0 Å². The molecule has 0 radical (unpaired) electrons. The van der Waals surface area contributed by atoms with Crippen molar-refractivity contribution < 1.29 is 14.1 Å². The molecule has 4 rings (SSSR count). The number of ether oxygens (including phenoxy) is 1. The summed E-state index contributed by atoms with van der Waals surface area (Å²) in [6.07, 6.45) is 1.75. The second kappa shape index (κ2) is 8.05.